The highest BCUT2D eigenvalue weighted by molar-refractivity contribution is 5.00. The van der Waals surface area contributed by atoms with Gasteiger partial charge in [-0.3, -0.25) is 4.68 Å². The molecule has 1 saturated carbocycles. The Hall–Kier alpha value is -0.900. The van der Waals surface area contributed by atoms with Gasteiger partial charge in [-0.2, -0.15) is 5.10 Å². The Kier molecular flexibility index (Phi) is 3.82. The molecule has 1 heterocycles. The van der Waals surface area contributed by atoms with Crippen molar-refractivity contribution < 1.29 is 0 Å². The molecule has 2 atom stereocenters. The average molecular weight is 236 g/mol. The van der Waals surface area contributed by atoms with E-state index in [1.165, 1.54) is 19.3 Å². The summed E-state index contributed by atoms with van der Waals surface area (Å²) in [4.78, 5) is 4.35. The third-order valence-corrected chi connectivity index (χ3v) is 4.07. The van der Waals surface area contributed by atoms with E-state index in [9.17, 15) is 0 Å². The predicted octanol–water partition coefficient (Wildman–Crippen LogP) is 2.14. The number of aryl methyl sites for hydroxylation is 1. The first-order valence-electron chi connectivity index (χ1n) is 6.82. The van der Waals surface area contributed by atoms with Gasteiger partial charge in [-0.15, -0.1) is 0 Å². The van der Waals surface area contributed by atoms with Gasteiger partial charge in [0, 0.05) is 18.5 Å². The second-order valence-corrected chi connectivity index (χ2v) is 5.40. The van der Waals surface area contributed by atoms with E-state index >= 15 is 0 Å². The highest BCUT2D eigenvalue weighted by atomic mass is 15.3. The molecule has 17 heavy (non-hydrogen) atoms. The quantitative estimate of drug-likeness (QED) is 0.871. The molecule has 2 unspecified atom stereocenters. The van der Waals surface area contributed by atoms with Crippen molar-refractivity contribution in [3.63, 3.8) is 0 Å². The van der Waals surface area contributed by atoms with Crippen LogP contribution in [0.2, 0.25) is 0 Å². The molecule has 1 aliphatic rings. The van der Waals surface area contributed by atoms with Gasteiger partial charge in [0.2, 0.25) is 0 Å². The molecular weight excluding hydrogens is 212 g/mol. The fourth-order valence-corrected chi connectivity index (χ4v) is 3.03. The van der Waals surface area contributed by atoms with E-state index in [1.54, 1.807) is 6.33 Å². The van der Waals surface area contributed by atoms with Crippen molar-refractivity contribution in [3.8, 4) is 0 Å². The fraction of sp³-hybridized carbons (Fsp3) is 0.846. The highest BCUT2D eigenvalue weighted by Crippen LogP contribution is 2.34. The minimum Gasteiger partial charge on any atom is -0.325 e. The zero-order chi connectivity index (χ0) is 12.3. The molecule has 1 aliphatic carbocycles. The highest BCUT2D eigenvalue weighted by Gasteiger charge is 2.33. The number of nitrogens with zero attached hydrogens (tertiary/aromatic N) is 3. The van der Waals surface area contributed by atoms with Gasteiger partial charge in [0.25, 0.3) is 0 Å². The Balaban J connectivity index is 2.06. The lowest BCUT2D eigenvalue weighted by Gasteiger charge is -2.37. The van der Waals surface area contributed by atoms with Gasteiger partial charge < -0.3 is 5.73 Å². The maximum atomic E-state index is 6.56. The summed E-state index contributed by atoms with van der Waals surface area (Å²) in [6, 6.07) is 0. The number of rotatable bonds is 4. The molecule has 0 amide bonds. The maximum absolute atomic E-state index is 6.56. The third-order valence-electron chi connectivity index (χ3n) is 4.07. The zero-order valence-corrected chi connectivity index (χ0v) is 11.0. The predicted molar refractivity (Wildman–Crippen MR) is 68.6 cm³/mol. The minimum absolute atomic E-state index is 0.0567. The van der Waals surface area contributed by atoms with E-state index in [-0.39, 0.29) is 5.54 Å². The first-order chi connectivity index (χ1) is 8.17. The molecule has 0 radical (unpaired) electrons. The lowest BCUT2D eigenvalue weighted by molar-refractivity contribution is 0.214. The molecular formula is C13H24N4. The molecule has 1 aromatic heterocycles. The van der Waals surface area contributed by atoms with E-state index in [2.05, 4.69) is 23.9 Å². The van der Waals surface area contributed by atoms with Gasteiger partial charge in [-0.25, -0.2) is 4.98 Å². The second kappa shape index (κ2) is 5.17. The van der Waals surface area contributed by atoms with Crippen molar-refractivity contribution in [3.05, 3.63) is 12.2 Å². The van der Waals surface area contributed by atoms with Crippen LogP contribution < -0.4 is 5.73 Å². The summed E-state index contributed by atoms with van der Waals surface area (Å²) in [5, 5.41) is 4.22. The van der Waals surface area contributed by atoms with Crippen LogP contribution in [0, 0.1) is 5.92 Å². The Morgan fingerprint density at radius 3 is 3.06 bits per heavy atom. The van der Waals surface area contributed by atoms with Gasteiger partial charge in [-0.1, -0.05) is 26.2 Å². The molecule has 0 aromatic carbocycles. The van der Waals surface area contributed by atoms with Crippen LogP contribution in [0.25, 0.3) is 0 Å². The molecule has 0 spiro atoms. The molecule has 0 bridgehead atoms. The minimum atomic E-state index is -0.0567. The molecule has 2 N–H and O–H groups in total. The van der Waals surface area contributed by atoms with Crippen LogP contribution in [0.5, 0.6) is 0 Å². The summed E-state index contributed by atoms with van der Waals surface area (Å²) >= 11 is 0. The van der Waals surface area contributed by atoms with Gasteiger partial charge in [0.1, 0.15) is 12.2 Å². The first-order valence-corrected chi connectivity index (χ1v) is 6.82. The van der Waals surface area contributed by atoms with Crippen LogP contribution >= 0.6 is 0 Å². The van der Waals surface area contributed by atoms with E-state index < -0.39 is 0 Å². The van der Waals surface area contributed by atoms with Crippen LogP contribution in [0.3, 0.4) is 0 Å². The van der Waals surface area contributed by atoms with E-state index in [0.29, 0.717) is 0 Å². The van der Waals surface area contributed by atoms with Crippen LogP contribution in [0.1, 0.15) is 51.8 Å². The van der Waals surface area contributed by atoms with Crippen molar-refractivity contribution in [2.75, 3.05) is 0 Å². The van der Waals surface area contributed by atoms with Crippen molar-refractivity contribution in [1.82, 2.24) is 14.8 Å². The number of nitrogens with two attached hydrogens (primary N) is 1. The summed E-state index contributed by atoms with van der Waals surface area (Å²) in [6.07, 6.45) is 8.63. The zero-order valence-electron chi connectivity index (χ0n) is 11.0. The summed E-state index contributed by atoms with van der Waals surface area (Å²) in [7, 11) is 0. The lowest BCUT2D eigenvalue weighted by Crippen LogP contribution is -2.46. The number of hydrogen-bond donors (Lipinski definition) is 1. The van der Waals surface area contributed by atoms with Crippen molar-refractivity contribution in [2.24, 2.45) is 11.7 Å². The van der Waals surface area contributed by atoms with Gasteiger partial charge in [-0.05, 0) is 25.7 Å². The topological polar surface area (TPSA) is 56.7 Å². The van der Waals surface area contributed by atoms with Crippen LogP contribution in [0.15, 0.2) is 6.33 Å². The number of aromatic nitrogens is 3. The molecule has 2 rings (SSSR count). The molecule has 4 nitrogen and oxygen atoms in total. The molecule has 1 aromatic rings. The normalized spacial score (nSPS) is 29.5. The average Bonchev–Trinajstić information content (AvgIpc) is 2.75. The van der Waals surface area contributed by atoms with Gasteiger partial charge >= 0.3 is 0 Å². The molecule has 4 heteroatoms. The second-order valence-electron chi connectivity index (χ2n) is 5.40. The Morgan fingerprint density at radius 1 is 1.53 bits per heavy atom. The summed E-state index contributed by atoms with van der Waals surface area (Å²) in [6.45, 7) is 5.24. The summed E-state index contributed by atoms with van der Waals surface area (Å²) < 4.78 is 1.96. The van der Waals surface area contributed by atoms with E-state index in [0.717, 1.165) is 37.5 Å². The van der Waals surface area contributed by atoms with Crippen molar-refractivity contribution in [2.45, 2.75) is 64.5 Å². The van der Waals surface area contributed by atoms with Crippen LogP contribution in [-0.4, -0.2) is 20.3 Å². The molecule has 0 saturated heterocycles. The standard InChI is InChI=1S/C13H24N4/c1-3-11-6-5-7-13(14,8-11)9-12-15-10-16-17(12)4-2/h10-11H,3-9,14H2,1-2H3. The van der Waals surface area contributed by atoms with Gasteiger partial charge in [0.05, 0.1) is 0 Å². The van der Waals surface area contributed by atoms with Crippen molar-refractivity contribution in [1.29, 1.82) is 0 Å². The smallest absolute Gasteiger partial charge is 0.138 e. The summed E-state index contributed by atoms with van der Waals surface area (Å²) in [5.41, 5.74) is 6.50. The monoisotopic (exact) mass is 236 g/mol. The van der Waals surface area contributed by atoms with Crippen LogP contribution in [-0.2, 0) is 13.0 Å². The van der Waals surface area contributed by atoms with Crippen molar-refractivity contribution >= 4 is 0 Å². The van der Waals surface area contributed by atoms with Crippen LogP contribution in [0.4, 0.5) is 0 Å². The van der Waals surface area contributed by atoms with E-state index in [4.69, 9.17) is 5.73 Å². The van der Waals surface area contributed by atoms with Gasteiger partial charge in [0.15, 0.2) is 0 Å². The molecule has 0 aliphatic heterocycles. The number of hydrogen-bond acceptors (Lipinski definition) is 3. The Labute approximate surface area is 104 Å². The molecule has 1 fully saturated rings. The maximum Gasteiger partial charge on any atom is 0.138 e. The molecule has 96 valence electrons. The SMILES string of the molecule is CCC1CCCC(N)(Cc2ncnn2CC)C1. The lowest BCUT2D eigenvalue weighted by atomic mass is 9.73. The largest absolute Gasteiger partial charge is 0.325 e. The third kappa shape index (κ3) is 2.86. The fourth-order valence-electron chi connectivity index (χ4n) is 3.03. The first kappa shape index (κ1) is 12.6. The Bertz CT molecular complexity index is 360. The Morgan fingerprint density at radius 2 is 2.35 bits per heavy atom. The van der Waals surface area contributed by atoms with E-state index in [1.807, 2.05) is 4.68 Å². The summed E-state index contributed by atoms with van der Waals surface area (Å²) in [5.74, 6) is 1.85.